The van der Waals surface area contributed by atoms with Crippen LogP contribution in [0.1, 0.15) is 26.0 Å². The molecule has 0 aromatic carbocycles. The van der Waals surface area contributed by atoms with Gasteiger partial charge in [-0.25, -0.2) is 4.98 Å². The molecular formula is C11H18ClN3O. The Morgan fingerprint density at radius 2 is 2.12 bits per heavy atom. The maximum atomic E-state index is 8.83. The van der Waals surface area contributed by atoms with E-state index in [2.05, 4.69) is 28.7 Å². The fraction of sp³-hybridized carbons (Fsp3) is 0.636. The quantitative estimate of drug-likeness (QED) is 0.827. The minimum absolute atomic E-state index is 0.218. The van der Waals surface area contributed by atoms with Gasteiger partial charge in [0.1, 0.15) is 5.15 Å². The molecular weight excluding hydrogens is 226 g/mol. The van der Waals surface area contributed by atoms with Crippen LogP contribution in [0.4, 0.5) is 0 Å². The fourth-order valence-corrected chi connectivity index (χ4v) is 1.52. The van der Waals surface area contributed by atoms with Gasteiger partial charge in [-0.3, -0.25) is 9.88 Å². The van der Waals surface area contributed by atoms with Crippen molar-refractivity contribution in [1.29, 1.82) is 0 Å². The Kier molecular flexibility index (Phi) is 5.66. The predicted octanol–water partition coefficient (Wildman–Crippen LogP) is 1.72. The normalized spacial score (nSPS) is 11.4. The maximum Gasteiger partial charge on any atom is 0.147 e. The lowest BCUT2D eigenvalue weighted by Crippen LogP contribution is -2.32. The molecule has 1 N–H and O–H groups in total. The summed E-state index contributed by atoms with van der Waals surface area (Å²) in [5.41, 5.74) is 0.899. The van der Waals surface area contributed by atoms with Gasteiger partial charge in [0, 0.05) is 25.7 Å². The van der Waals surface area contributed by atoms with E-state index < -0.39 is 0 Å². The third-order valence-corrected chi connectivity index (χ3v) is 2.57. The number of aromatic nitrogens is 2. The molecule has 1 aromatic rings. The molecule has 0 atom stereocenters. The highest BCUT2D eigenvalue weighted by Gasteiger charge is 2.10. The highest BCUT2D eigenvalue weighted by Crippen LogP contribution is 2.08. The molecule has 0 radical (unpaired) electrons. The molecule has 0 saturated heterocycles. The van der Waals surface area contributed by atoms with Crippen LogP contribution >= 0.6 is 11.6 Å². The zero-order valence-electron chi connectivity index (χ0n) is 9.73. The number of aliphatic hydroxyl groups is 1. The average molecular weight is 244 g/mol. The lowest BCUT2D eigenvalue weighted by Gasteiger charge is -2.25. The van der Waals surface area contributed by atoms with E-state index in [0.29, 0.717) is 11.2 Å². The number of hydrogen-bond acceptors (Lipinski definition) is 4. The van der Waals surface area contributed by atoms with Crippen molar-refractivity contribution < 1.29 is 5.11 Å². The largest absolute Gasteiger partial charge is 0.396 e. The zero-order chi connectivity index (χ0) is 12.0. The highest BCUT2D eigenvalue weighted by molar-refractivity contribution is 6.29. The molecule has 0 amide bonds. The van der Waals surface area contributed by atoms with E-state index in [9.17, 15) is 0 Å². The van der Waals surface area contributed by atoms with Crippen molar-refractivity contribution in [3.8, 4) is 0 Å². The van der Waals surface area contributed by atoms with Gasteiger partial charge >= 0.3 is 0 Å². The molecule has 0 bridgehead atoms. The fourth-order valence-electron chi connectivity index (χ4n) is 1.42. The van der Waals surface area contributed by atoms with Gasteiger partial charge < -0.3 is 5.11 Å². The molecule has 1 aromatic heterocycles. The minimum atomic E-state index is 0.218. The second kappa shape index (κ2) is 6.78. The van der Waals surface area contributed by atoms with Crippen molar-refractivity contribution in [2.24, 2.45) is 0 Å². The van der Waals surface area contributed by atoms with E-state index >= 15 is 0 Å². The van der Waals surface area contributed by atoms with Gasteiger partial charge in [-0.05, 0) is 20.3 Å². The van der Waals surface area contributed by atoms with E-state index in [1.807, 2.05) is 0 Å². The second-order valence-electron chi connectivity index (χ2n) is 3.97. The molecule has 0 unspecified atom stereocenters. The third-order valence-electron chi connectivity index (χ3n) is 2.37. The lowest BCUT2D eigenvalue weighted by molar-refractivity contribution is 0.183. The van der Waals surface area contributed by atoms with Crippen LogP contribution in [-0.2, 0) is 6.54 Å². The Bertz CT molecular complexity index is 303. The van der Waals surface area contributed by atoms with Gasteiger partial charge in [-0.1, -0.05) is 11.6 Å². The van der Waals surface area contributed by atoms with Crippen LogP contribution in [0, 0.1) is 0 Å². The first-order valence-electron chi connectivity index (χ1n) is 5.45. The molecule has 0 aliphatic carbocycles. The first-order valence-corrected chi connectivity index (χ1v) is 5.82. The second-order valence-corrected chi connectivity index (χ2v) is 4.36. The highest BCUT2D eigenvalue weighted by atomic mass is 35.5. The monoisotopic (exact) mass is 243 g/mol. The number of aliphatic hydroxyl groups excluding tert-OH is 1. The van der Waals surface area contributed by atoms with Crippen molar-refractivity contribution in [2.75, 3.05) is 13.2 Å². The van der Waals surface area contributed by atoms with Gasteiger partial charge in [0.05, 0.1) is 18.1 Å². The first kappa shape index (κ1) is 13.4. The lowest BCUT2D eigenvalue weighted by atomic mass is 10.2. The summed E-state index contributed by atoms with van der Waals surface area (Å²) in [7, 11) is 0. The summed E-state index contributed by atoms with van der Waals surface area (Å²) in [5, 5.41) is 9.24. The Hall–Kier alpha value is -0.710. The molecule has 0 saturated carbocycles. The number of rotatable bonds is 6. The van der Waals surface area contributed by atoms with Gasteiger partial charge in [-0.2, -0.15) is 0 Å². The first-order chi connectivity index (χ1) is 7.63. The van der Waals surface area contributed by atoms with E-state index in [1.165, 1.54) is 0 Å². The van der Waals surface area contributed by atoms with Gasteiger partial charge in [-0.15, -0.1) is 0 Å². The Morgan fingerprint density at radius 1 is 1.38 bits per heavy atom. The molecule has 1 heterocycles. The molecule has 5 heteroatoms. The molecule has 16 heavy (non-hydrogen) atoms. The third kappa shape index (κ3) is 4.43. The number of nitrogens with zero attached hydrogens (tertiary/aromatic N) is 3. The van der Waals surface area contributed by atoms with Crippen LogP contribution in [0.3, 0.4) is 0 Å². The molecule has 0 spiro atoms. The summed E-state index contributed by atoms with van der Waals surface area (Å²) < 4.78 is 0. The molecule has 90 valence electrons. The van der Waals surface area contributed by atoms with E-state index in [-0.39, 0.29) is 6.61 Å². The van der Waals surface area contributed by atoms with Crippen LogP contribution < -0.4 is 0 Å². The Morgan fingerprint density at radius 3 is 2.62 bits per heavy atom. The summed E-state index contributed by atoms with van der Waals surface area (Å²) in [6.45, 7) is 6.07. The maximum absolute atomic E-state index is 8.83. The van der Waals surface area contributed by atoms with Gasteiger partial charge in [0.2, 0.25) is 0 Å². The van der Waals surface area contributed by atoms with E-state index in [4.69, 9.17) is 16.7 Å². The Labute approximate surface area is 101 Å². The van der Waals surface area contributed by atoms with Gasteiger partial charge in [0.25, 0.3) is 0 Å². The van der Waals surface area contributed by atoms with Crippen molar-refractivity contribution in [3.63, 3.8) is 0 Å². The number of halogens is 1. The Balaban J connectivity index is 2.57. The molecule has 4 nitrogen and oxygen atoms in total. The summed E-state index contributed by atoms with van der Waals surface area (Å²) in [4.78, 5) is 10.5. The summed E-state index contributed by atoms with van der Waals surface area (Å²) in [6.07, 6.45) is 4.03. The zero-order valence-corrected chi connectivity index (χ0v) is 10.5. The van der Waals surface area contributed by atoms with Crippen molar-refractivity contribution >= 4 is 11.6 Å². The van der Waals surface area contributed by atoms with Crippen LogP contribution in [0.5, 0.6) is 0 Å². The molecule has 1 rings (SSSR count). The molecule has 0 aliphatic rings. The van der Waals surface area contributed by atoms with Crippen LogP contribution in [0.2, 0.25) is 5.15 Å². The minimum Gasteiger partial charge on any atom is -0.396 e. The topological polar surface area (TPSA) is 49.2 Å². The van der Waals surface area contributed by atoms with Crippen LogP contribution in [0.25, 0.3) is 0 Å². The number of hydrogen-bond donors (Lipinski definition) is 1. The molecule has 0 fully saturated rings. The summed E-state index contributed by atoms with van der Waals surface area (Å²) in [6, 6.07) is 0.420. The van der Waals surface area contributed by atoms with Crippen LogP contribution in [0.15, 0.2) is 12.4 Å². The molecule has 0 aliphatic heterocycles. The summed E-state index contributed by atoms with van der Waals surface area (Å²) >= 11 is 5.67. The summed E-state index contributed by atoms with van der Waals surface area (Å²) in [5.74, 6) is 0. The standard InChI is InChI=1S/C11H18ClN3O/c1-9(2)15(4-3-5-16)8-10-6-14-11(12)7-13-10/h6-7,9,16H,3-5,8H2,1-2H3. The van der Waals surface area contributed by atoms with Crippen molar-refractivity contribution in [2.45, 2.75) is 32.9 Å². The van der Waals surface area contributed by atoms with Crippen LogP contribution in [-0.4, -0.2) is 39.2 Å². The van der Waals surface area contributed by atoms with Crippen molar-refractivity contribution in [1.82, 2.24) is 14.9 Å². The average Bonchev–Trinajstić information content (AvgIpc) is 2.26. The SMILES string of the molecule is CC(C)N(CCCO)Cc1cnc(Cl)cn1. The van der Waals surface area contributed by atoms with Gasteiger partial charge in [0.15, 0.2) is 0 Å². The van der Waals surface area contributed by atoms with Crippen molar-refractivity contribution in [3.05, 3.63) is 23.2 Å². The van der Waals surface area contributed by atoms with E-state index in [1.54, 1.807) is 12.4 Å². The van der Waals surface area contributed by atoms with E-state index in [0.717, 1.165) is 25.2 Å². The predicted molar refractivity (Wildman–Crippen MR) is 64.3 cm³/mol. The smallest absolute Gasteiger partial charge is 0.147 e.